The molecule has 33 heavy (non-hydrogen) atoms. The van der Waals surface area contributed by atoms with Crippen molar-refractivity contribution in [1.82, 2.24) is 0 Å². The maximum absolute atomic E-state index is 10.6. The first-order valence-electron chi connectivity index (χ1n) is 10.4. The van der Waals surface area contributed by atoms with Crippen LogP contribution in [0.4, 0.5) is 0 Å². The van der Waals surface area contributed by atoms with Crippen LogP contribution in [-0.4, -0.2) is 156 Å². The topological polar surface area (TPSA) is 248 Å². The van der Waals surface area contributed by atoms with Crippen molar-refractivity contribution in [2.45, 2.75) is 99.0 Å². The Morgan fingerprint density at radius 1 is 0.545 bits per heavy atom. The molecule has 15 nitrogen and oxygen atoms in total. The molecule has 3 aliphatic rings. The third kappa shape index (κ3) is 5.32. The highest BCUT2D eigenvalue weighted by molar-refractivity contribution is 4.95. The van der Waals surface area contributed by atoms with Crippen molar-refractivity contribution in [3.8, 4) is 0 Å². The van der Waals surface area contributed by atoms with Crippen LogP contribution in [0.25, 0.3) is 0 Å². The van der Waals surface area contributed by atoms with Crippen molar-refractivity contribution < 1.29 is 74.7 Å². The summed E-state index contributed by atoms with van der Waals surface area (Å²) >= 11 is 0. The fourth-order valence-corrected chi connectivity index (χ4v) is 3.96. The van der Waals surface area contributed by atoms with Gasteiger partial charge < -0.3 is 74.7 Å². The molecule has 15 heteroatoms. The van der Waals surface area contributed by atoms with Gasteiger partial charge in [-0.2, -0.15) is 0 Å². The molecular formula is C18H32O15. The van der Waals surface area contributed by atoms with Crippen molar-refractivity contribution in [1.29, 1.82) is 0 Å². The minimum atomic E-state index is -1.87. The molecule has 0 saturated carbocycles. The summed E-state index contributed by atoms with van der Waals surface area (Å²) in [6, 6.07) is 0. The number of hydrogen-bond acceptors (Lipinski definition) is 15. The monoisotopic (exact) mass is 488 g/mol. The molecule has 0 unspecified atom stereocenters. The summed E-state index contributed by atoms with van der Waals surface area (Å²) in [5.41, 5.74) is 0. The molecular weight excluding hydrogens is 456 g/mol. The summed E-state index contributed by atoms with van der Waals surface area (Å²) < 4.78 is 26.7. The Morgan fingerprint density at radius 3 is 1.64 bits per heavy atom. The third-order valence-corrected chi connectivity index (χ3v) is 6.06. The van der Waals surface area contributed by atoms with Crippen LogP contribution in [0.1, 0.15) is 6.92 Å². The standard InChI is InChI=1S/C18H32O15/c1-4-7(21)10(24)13(27)17(29-4)33-15-12(26)9(23)6(3-20)31-18(15)32-14-11(25)8(22)5(2-19)30-16(14)28/h4-28H,2-3H2,1H3/t4-,5+,6+,7-,8+,9+,10+,11-,12-,13+,14-,15-,16-,17-,18+/m0/s1. The van der Waals surface area contributed by atoms with Crippen LogP contribution in [0, 0.1) is 0 Å². The summed E-state index contributed by atoms with van der Waals surface area (Å²) in [5, 5.41) is 100. The number of aliphatic hydroxyl groups excluding tert-OH is 10. The summed E-state index contributed by atoms with van der Waals surface area (Å²) in [7, 11) is 0. The fraction of sp³-hybridized carbons (Fsp3) is 1.00. The molecule has 0 aliphatic carbocycles. The first kappa shape index (κ1) is 27.0. The van der Waals surface area contributed by atoms with Gasteiger partial charge in [0.15, 0.2) is 18.9 Å². The number of rotatable bonds is 6. The lowest BCUT2D eigenvalue weighted by molar-refractivity contribution is -0.389. The summed E-state index contributed by atoms with van der Waals surface area (Å²) in [6.45, 7) is -0.0924. The van der Waals surface area contributed by atoms with Crippen LogP contribution >= 0.6 is 0 Å². The highest BCUT2D eigenvalue weighted by Crippen LogP contribution is 2.32. The van der Waals surface area contributed by atoms with Crippen LogP contribution in [-0.2, 0) is 23.7 Å². The van der Waals surface area contributed by atoms with Gasteiger partial charge >= 0.3 is 0 Å². The highest BCUT2D eigenvalue weighted by atomic mass is 16.8. The van der Waals surface area contributed by atoms with E-state index >= 15 is 0 Å². The van der Waals surface area contributed by atoms with Crippen molar-refractivity contribution >= 4 is 0 Å². The lowest BCUT2D eigenvalue weighted by atomic mass is 9.96. The second kappa shape index (κ2) is 11.0. The van der Waals surface area contributed by atoms with Gasteiger partial charge in [-0.1, -0.05) is 0 Å². The molecule has 0 aromatic carbocycles. The van der Waals surface area contributed by atoms with Gasteiger partial charge in [0.25, 0.3) is 0 Å². The summed E-state index contributed by atoms with van der Waals surface area (Å²) in [4.78, 5) is 0. The highest BCUT2D eigenvalue weighted by Gasteiger charge is 2.53. The molecule has 3 fully saturated rings. The SMILES string of the molecule is C[C@@H]1O[C@@H](O[C@@H]2[C@@H](O[C@H]3[C@@H](O)[C@H](O)[C@@H](CO)O[C@@H]3O)O[C@H](CO)[C@@H](O)[C@@H]2O)[C@H](O)[C@H](O)[C@H]1O. The number of ether oxygens (including phenoxy) is 5. The van der Waals surface area contributed by atoms with Crippen LogP contribution in [0.5, 0.6) is 0 Å². The average Bonchev–Trinajstić information content (AvgIpc) is 2.79. The van der Waals surface area contributed by atoms with Crippen molar-refractivity contribution in [3.05, 3.63) is 0 Å². The predicted octanol–water partition coefficient (Wildman–Crippen LogP) is -6.55. The lowest BCUT2D eigenvalue weighted by Gasteiger charge is -2.47. The quantitative estimate of drug-likeness (QED) is 0.167. The largest absolute Gasteiger partial charge is 0.394 e. The van der Waals surface area contributed by atoms with Crippen molar-refractivity contribution in [2.24, 2.45) is 0 Å². The smallest absolute Gasteiger partial charge is 0.187 e. The Bertz CT molecular complexity index is 626. The van der Waals surface area contributed by atoms with E-state index in [0.29, 0.717) is 0 Å². The Kier molecular flexibility index (Phi) is 8.99. The molecule has 194 valence electrons. The van der Waals surface area contributed by atoms with Crippen molar-refractivity contribution in [2.75, 3.05) is 13.2 Å². The van der Waals surface area contributed by atoms with Crippen LogP contribution in [0.2, 0.25) is 0 Å². The van der Waals surface area contributed by atoms with Crippen LogP contribution in [0.15, 0.2) is 0 Å². The lowest BCUT2D eigenvalue weighted by Crippen LogP contribution is -2.66. The predicted molar refractivity (Wildman–Crippen MR) is 99.8 cm³/mol. The zero-order valence-electron chi connectivity index (χ0n) is 17.6. The molecule has 3 saturated heterocycles. The molecule has 3 heterocycles. The van der Waals surface area contributed by atoms with Gasteiger partial charge in [-0.15, -0.1) is 0 Å². The fourth-order valence-electron chi connectivity index (χ4n) is 3.96. The molecule has 15 atom stereocenters. The third-order valence-electron chi connectivity index (χ3n) is 6.06. The molecule has 0 amide bonds. The first-order chi connectivity index (χ1) is 15.5. The minimum absolute atomic E-state index is 0.714. The molecule has 0 spiro atoms. The normalized spacial score (nSPS) is 53.7. The summed E-state index contributed by atoms with van der Waals surface area (Å²) in [5.74, 6) is 0. The number of hydrogen-bond donors (Lipinski definition) is 10. The molecule has 0 bridgehead atoms. The molecule has 3 aliphatic heterocycles. The maximum atomic E-state index is 10.6. The Morgan fingerprint density at radius 2 is 1.06 bits per heavy atom. The summed E-state index contributed by atoms with van der Waals surface area (Å²) in [6.07, 6.45) is -24.2. The molecule has 0 radical (unpaired) electrons. The van der Waals surface area contributed by atoms with E-state index in [9.17, 15) is 51.1 Å². The number of aliphatic hydroxyl groups is 10. The van der Waals surface area contributed by atoms with E-state index in [2.05, 4.69) is 0 Å². The zero-order chi connectivity index (χ0) is 24.6. The first-order valence-corrected chi connectivity index (χ1v) is 10.4. The molecule has 0 aromatic heterocycles. The van der Waals surface area contributed by atoms with E-state index in [1.54, 1.807) is 0 Å². The molecule has 0 aromatic rings. The minimum Gasteiger partial charge on any atom is -0.394 e. The second-order valence-corrected chi connectivity index (χ2v) is 8.32. The average molecular weight is 488 g/mol. The van der Waals surface area contributed by atoms with E-state index < -0.39 is 105 Å². The van der Waals surface area contributed by atoms with Gasteiger partial charge in [0.05, 0.1) is 19.3 Å². The van der Waals surface area contributed by atoms with Gasteiger partial charge in [0.2, 0.25) is 0 Å². The van der Waals surface area contributed by atoms with Crippen molar-refractivity contribution in [3.63, 3.8) is 0 Å². The zero-order valence-corrected chi connectivity index (χ0v) is 17.6. The van der Waals surface area contributed by atoms with E-state index in [1.807, 2.05) is 0 Å². The van der Waals surface area contributed by atoms with Gasteiger partial charge in [-0.25, -0.2) is 0 Å². The van der Waals surface area contributed by atoms with Gasteiger partial charge in [-0.3, -0.25) is 0 Å². The van der Waals surface area contributed by atoms with Crippen LogP contribution < -0.4 is 0 Å². The Labute approximate surface area is 187 Å². The Hall–Kier alpha value is -0.600. The van der Waals surface area contributed by atoms with E-state index in [0.717, 1.165) is 0 Å². The second-order valence-electron chi connectivity index (χ2n) is 8.32. The molecule has 10 N–H and O–H groups in total. The maximum Gasteiger partial charge on any atom is 0.187 e. The van der Waals surface area contributed by atoms with E-state index in [1.165, 1.54) is 6.92 Å². The molecule has 3 rings (SSSR count). The van der Waals surface area contributed by atoms with Gasteiger partial charge in [0, 0.05) is 0 Å². The van der Waals surface area contributed by atoms with Gasteiger partial charge in [0.1, 0.15) is 67.1 Å². The van der Waals surface area contributed by atoms with E-state index in [-0.39, 0.29) is 0 Å². The van der Waals surface area contributed by atoms with E-state index in [4.69, 9.17) is 23.7 Å². The Balaban J connectivity index is 1.81. The van der Waals surface area contributed by atoms with Crippen LogP contribution in [0.3, 0.4) is 0 Å². The van der Waals surface area contributed by atoms with Gasteiger partial charge in [-0.05, 0) is 6.92 Å².